The number of hydrogen-bond donors (Lipinski definition) is 13. The van der Waals surface area contributed by atoms with E-state index in [1.807, 2.05) is 84.6 Å². The first-order valence-corrected chi connectivity index (χ1v) is 33.8. The number of carbonyl (C=O) groups excluding carboxylic acids is 2. The number of amidine groups is 1. The fourth-order valence-corrected chi connectivity index (χ4v) is 8.01. The van der Waals surface area contributed by atoms with E-state index in [0.717, 1.165) is 42.7 Å². The molecule has 13 aromatic heterocycles. The van der Waals surface area contributed by atoms with Crippen molar-refractivity contribution in [2.24, 2.45) is 10.3 Å². The molecule has 15 rings (SSSR count). The molecule has 3 amide bonds. The van der Waals surface area contributed by atoms with E-state index in [0.29, 0.717) is 40.7 Å². The number of tetrazole rings is 2. The van der Waals surface area contributed by atoms with Gasteiger partial charge < -0.3 is 19.8 Å². The number of thiophene rings is 1. The number of nitrogens with one attached hydrogen (secondary N) is 13. The lowest BCUT2D eigenvalue weighted by Crippen LogP contribution is -2.49. The van der Waals surface area contributed by atoms with Gasteiger partial charge in [0.05, 0.1) is 17.8 Å². The number of nitrogens with zero attached hydrogens (tertiary/aromatic N) is 18. The zero-order valence-corrected chi connectivity index (χ0v) is 62.5. The van der Waals surface area contributed by atoms with Crippen LogP contribution in [0.15, 0.2) is 119 Å². The molecule has 0 spiro atoms. The third kappa shape index (κ3) is 64.9. The molecule has 1 fully saturated rings. The predicted molar refractivity (Wildman–Crippen MR) is 434 cm³/mol. The van der Waals surface area contributed by atoms with Crippen molar-refractivity contribution in [3.63, 3.8) is 0 Å². The lowest BCUT2D eigenvalue weighted by Gasteiger charge is -2.20. The minimum Gasteiger partial charge on any atom is -0.365 e. The minimum atomic E-state index is -1.48. The maximum Gasteiger partial charge on any atom is 0.438 e. The Morgan fingerprint density at radius 1 is 0.626 bits per heavy atom. The Balaban J connectivity index is -0.000000163. The number of imide groups is 1. The summed E-state index contributed by atoms with van der Waals surface area (Å²) < 4.78 is 30.9. The van der Waals surface area contributed by atoms with Crippen molar-refractivity contribution < 1.29 is 27.1 Å². The van der Waals surface area contributed by atoms with E-state index in [2.05, 4.69) is 214 Å². The Morgan fingerprint density at radius 2 is 1.29 bits per heavy atom. The standard InChI is InChI=1S/C6H8N2O2.C5H7N.C5H6S.2C4H6N2.C4H5NS.C3H5N3.C3H4N2O2.2C3H4N2OS.C3H4N2S2.C3H4N2S.2C2H4N4.C2H4N2O2S.8CH4/c1-3-4(2)7-6(10)8-5(3)9;2*1-5-3-2-4-6-5;1-4-2-5-3-6-4;1-4-2-3-5-6-4;1-4-2-5-3-6-4;1-3-4-2-5-6-3;2*1-2-4-3(6)7-5-2;1-2-4-3(7)6-5-2;1-2-4-5-3(6)7-2;1-3-5-4-2-6-3;2*1-2-3-5-6-4-2;1-2-3-6-7(5)4-2;;;;;;;;/h3H,2H2,1H3,(H2,7,8,9,10);2-4,6H,1H3;2-4H,1H3;2*2-3H,1H3,(H,5,6);2-3H,1H3;2H,1H3,(H,4,5,6);2*1H3,(H,4,5,6);1H3,(H,4,5,7);1H3,(H,5,6);2H,1H3;2*1H3,(H,3,4,5,6);1H3,(H,3,4);8*1H4. The second-order valence-electron chi connectivity index (χ2n) is 18.0. The van der Waals surface area contributed by atoms with Crippen molar-refractivity contribution in [3.05, 3.63) is 197 Å². The smallest absolute Gasteiger partial charge is 0.365 e. The number of hydrogen-bond acceptors (Lipinski definition) is 33. The van der Waals surface area contributed by atoms with Crippen LogP contribution in [0.25, 0.3) is 0 Å². The molecule has 2 unspecified atom stereocenters. The number of imidazole rings is 1. The summed E-state index contributed by atoms with van der Waals surface area (Å²) in [5.74, 6) is 3.55. The summed E-state index contributed by atoms with van der Waals surface area (Å²) in [7, 11) is 0. The molecule has 39 nitrogen and oxygen atoms in total. The van der Waals surface area contributed by atoms with E-state index >= 15 is 0 Å². The van der Waals surface area contributed by atoms with Gasteiger partial charge in [0.25, 0.3) is 0 Å². The molecule has 0 radical (unpaired) electrons. The number of H-pyrrole nitrogens is 10. The van der Waals surface area contributed by atoms with E-state index in [9.17, 15) is 23.4 Å². The first-order valence-electron chi connectivity index (χ1n) is 27.7. The maximum atomic E-state index is 10.8. The second-order valence-corrected chi connectivity index (χ2v) is 25.1. The lowest BCUT2D eigenvalue weighted by atomic mass is 10.1. The van der Waals surface area contributed by atoms with Crippen LogP contribution in [0.5, 0.6) is 0 Å². The van der Waals surface area contributed by atoms with Crippen LogP contribution >= 0.6 is 81.3 Å². The Morgan fingerprint density at radius 3 is 1.46 bits per heavy atom. The molecule has 2 atom stereocenters. The molecule has 47 heteroatoms. The van der Waals surface area contributed by atoms with Crippen LogP contribution in [-0.4, -0.2) is 159 Å². The Kier molecular flexibility index (Phi) is 72.2. The number of hydroxylamine groups is 1. The molecule has 15 heterocycles. The summed E-state index contributed by atoms with van der Waals surface area (Å²) in [5.41, 5.74) is 9.75. The monoisotopic (exact) mass is 1650 g/mol. The Bertz CT molecular complexity index is 3650. The molecule has 2 aliphatic rings. The minimum absolute atomic E-state index is 0. The van der Waals surface area contributed by atoms with E-state index in [-0.39, 0.29) is 80.9 Å². The topological polar surface area (TPSA) is 546 Å². The van der Waals surface area contributed by atoms with Crippen LogP contribution in [-0.2, 0) is 20.3 Å². The van der Waals surface area contributed by atoms with Gasteiger partial charge in [-0.3, -0.25) is 49.7 Å². The number of aryl methyl sites for hydroxylation is 13. The summed E-state index contributed by atoms with van der Waals surface area (Å²) in [6.07, 6.45) is 10.4. The molecule has 0 bridgehead atoms. The maximum absolute atomic E-state index is 10.8. The highest BCUT2D eigenvalue weighted by atomic mass is 32.2. The third-order valence-corrected chi connectivity index (χ3v) is 13.8. The molecular formula is C60H107N31O8S8. The molecule has 0 aromatic carbocycles. The molecule has 13 aromatic rings. The number of urea groups is 1. The van der Waals surface area contributed by atoms with E-state index in [1.54, 1.807) is 107 Å². The molecule has 0 aliphatic carbocycles. The van der Waals surface area contributed by atoms with Crippen LogP contribution < -0.4 is 26.7 Å². The van der Waals surface area contributed by atoms with Crippen molar-refractivity contribution in [2.45, 2.75) is 163 Å². The largest absolute Gasteiger partial charge is 0.438 e. The van der Waals surface area contributed by atoms with Crippen LogP contribution in [0.3, 0.4) is 0 Å². The van der Waals surface area contributed by atoms with Gasteiger partial charge in [0.2, 0.25) is 5.91 Å². The highest BCUT2D eigenvalue weighted by molar-refractivity contribution is 7.79. The average molecular weight is 1650 g/mol. The molecule has 2 aliphatic heterocycles. The molecular weight excluding hydrogens is 1540 g/mol. The fraction of sp³-hybridized carbons (Fsp3) is 0.400. The molecule has 598 valence electrons. The molecule has 1 saturated heterocycles. The number of aromatic nitrogens is 27. The highest BCUT2D eigenvalue weighted by Crippen LogP contribution is 2.08. The van der Waals surface area contributed by atoms with Gasteiger partial charge in [0.1, 0.15) is 51.0 Å². The third-order valence-electron chi connectivity index (χ3n) is 9.24. The van der Waals surface area contributed by atoms with Crippen molar-refractivity contribution in [3.8, 4) is 0 Å². The SMILES string of the molecule is C.C.C.C.C.C.C.C.C=C1NC(=O)NC(=O)C1C.CC1=NS(=O)ON1.Cc1ccc[nH]1.Cc1cccs1.Cc1ccn[nH]1.Cc1cnc[nH]1.Cc1cncs1.Cc1n[nH]c(=S)s1.Cc1nc(=S)o[nH]1.Cc1ncn[nH]1.Cc1nn[nH]n1.Cc1nn[nH]n1.Cc1nncs1.Cc1noc(=O)[nH]1.Cc1nsc(=O)[nH]1. The predicted octanol–water partition coefficient (Wildman–Crippen LogP) is 13.2. The van der Waals surface area contributed by atoms with Crippen molar-refractivity contribution in [1.29, 1.82) is 0 Å². The number of aromatic amines is 10. The Hall–Kier alpha value is -10.4. The van der Waals surface area contributed by atoms with Gasteiger partial charge in [0, 0.05) is 68.9 Å². The summed E-state index contributed by atoms with van der Waals surface area (Å²) in [5, 5.41) is 66.2. The fourth-order valence-electron chi connectivity index (χ4n) is 4.75. The lowest BCUT2D eigenvalue weighted by molar-refractivity contribution is -0.123. The first-order chi connectivity index (χ1) is 47.1. The molecule has 0 saturated carbocycles. The van der Waals surface area contributed by atoms with Crippen LogP contribution in [0.2, 0.25) is 0 Å². The van der Waals surface area contributed by atoms with Crippen molar-refractivity contribution in [2.75, 3.05) is 0 Å². The summed E-state index contributed by atoms with van der Waals surface area (Å²) >= 11 is 15.2. The van der Waals surface area contributed by atoms with Gasteiger partial charge in [0.15, 0.2) is 15.6 Å². The summed E-state index contributed by atoms with van der Waals surface area (Å²) in [6.45, 7) is 31.4. The van der Waals surface area contributed by atoms with Gasteiger partial charge in [-0.05, 0) is 158 Å². The van der Waals surface area contributed by atoms with Gasteiger partial charge >= 0.3 is 32.8 Å². The second kappa shape index (κ2) is 68.7. The summed E-state index contributed by atoms with van der Waals surface area (Å²) in [6, 6.07) is 9.59. The van der Waals surface area contributed by atoms with Crippen LogP contribution in [0.4, 0.5) is 4.79 Å². The van der Waals surface area contributed by atoms with Crippen LogP contribution in [0, 0.1) is 105 Å². The average Bonchev–Trinajstić information content (AvgIpc) is 1.82. The number of rotatable bonds is 0. The van der Waals surface area contributed by atoms with Gasteiger partial charge in [-0.15, -0.1) is 69.0 Å². The van der Waals surface area contributed by atoms with Gasteiger partial charge in [-0.25, -0.2) is 34.4 Å². The van der Waals surface area contributed by atoms with E-state index in [1.165, 1.54) is 33.1 Å². The zero-order chi connectivity index (χ0) is 73.8. The molecule has 13 N–H and O–H groups in total. The normalized spacial score (nSPS) is 11.2. The number of carbonyl (C=O) groups is 2. The van der Waals surface area contributed by atoms with Crippen molar-refractivity contribution >= 4 is 110 Å². The highest BCUT2D eigenvalue weighted by Gasteiger charge is 2.24. The number of thiazole rings is 1. The van der Waals surface area contributed by atoms with E-state index in [4.69, 9.17) is 12.2 Å². The molecule has 107 heavy (non-hydrogen) atoms. The first kappa shape index (κ1) is 112. The van der Waals surface area contributed by atoms with Gasteiger partial charge in [-0.1, -0.05) is 99.0 Å². The zero-order valence-electron chi connectivity index (χ0n) is 55.9. The Labute approximate surface area is 656 Å². The quantitative estimate of drug-likeness (QED) is 0.0627. The summed E-state index contributed by atoms with van der Waals surface area (Å²) in [4.78, 5) is 70.1. The van der Waals surface area contributed by atoms with Crippen molar-refractivity contribution in [1.82, 2.24) is 153 Å². The van der Waals surface area contributed by atoms with Crippen LogP contribution in [0.1, 0.15) is 145 Å². The number of amides is 3. The van der Waals surface area contributed by atoms with Gasteiger partial charge in [-0.2, -0.15) is 39.4 Å². The van der Waals surface area contributed by atoms with E-state index < -0.39 is 23.1 Å².